The molecule has 0 spiro atoms. The van der Waals surface area contributed by atoms with Crippen LogP contribution in [0.5, 0.6) is 0 Å². The first-order valence-corrected chi connectivity index (χ1v) is 4.73. The lowest BCUT2D eigenvalue weighted by molar-refractivity contribution is 0.0997. The average molecular weight is 243 g/mol. The highest BCUT2D eigenvalue weighted by atomic mass is 35.5. The van der Waals surface area contributed by atoms with E-state index in [-0.39, 0.29) is 5.69 Å². The summed E-state index contributed by atoms with van der Waals surface area (Å²) >= 11 is 11.7. The molecule has 0 aliphatic heterocycles. The summed E-state index contributed by atoms with van der Waals surface area (Å²) in [6.45, 7) is 0. The summed E-state index contributed by atoms with van der Waals surface area (Å²) in [6, 6.07) is 4.64. The van der Waals surface area contributed by atoms with E-state index in [2.05, 4.69) is 10.2 Å². The van der Waals surface area contributed by atoms with Crippen LogP contribution < -0.4 is 0 Å². The van der Waals surface area contributed by atoms with Crippen LogP contribution in [-0.2, 0) is 0 Å². The fraction of sp³-hybridized carbons (Fsp3) is 0. The van der Waals surface area contributed by atoms with Gasteiger partial charge in [0.05, 0.1) is 5.02 Å². The SMILES string of the molecule is O=NC(=O)c1cc2c(Cl)cc(Cl)cc2[nH]1. The normalized spacial score (nSPS) is 10.5. The molecule has 1 aromatic heterocycles. The van der Waals surface area contributed by atoms with E-state index in [1.165, 1.54) is 6.07 Å². The zero-order valence-electron chi connectivity index (χ0n) is 7.25. The molecule has 1 aromatic carbocycles. The van der Waals surface area contributed by atoms with Gasteiger partial charge in [-0.05, 0) is 18.2 Å². The minimum absolute atomic E-state index is 0.101. The molecular weight excluding hydrogens is 239 g/mol. The van der Waals surface area contributed by atoms with E-state index < -0.39 is 5.91 Å². The number of nitrogens with zero attached hydrogens (tertiary/aromatic N) is 1. The standard InChI is InChI=1S/C9H4Cl2N2O2/c10-4-1-6(11)5-3-8(9(14)13-15)12-7(5)2-4/h1-3,12H. The van der Waals surface area contributed by atoms with Gasteiger partial charge in [-0.3, -0.25) is 4.79 Å². The van der Waals surface area contributed by atoms with Gasteiger partial charge in [-0.15, -0.1) is 4.91 Å². The number of hydrogen-bond acceptors (Lipinski definition) is 2. The van der Waals surface area contributed by atoms with E-state index >= 15 is 0 Å². The van der Waals surface area contributed by atoms with Gasteiger partial charge in [-0.25, -0.2) is 0 Å². The molecule has 0 fully saturated rings. The number of carbonyl (C=O) groups excluding carboxylic acids is 1. The van der Waals surface area contributed by atoms with Crippen molar-refractivity contribution in [3.63, 3.8) is 0 Å². The molecule has 0 saturated carbocycles. The van der Waals surface area contributed by atoms with Gasteiger partial charge in [0.2, 0.25) is 0 Å². The number of rotatable bonds is 1. The third kappa shape index (κ3) is 1.73. The number of H-pyrrole nitrogens is 1. The Labute approximate surface area is 94.1 Å². The fourth-order valence-corrected chi connectivity index (χ4v) is 1.87. The third-order valence-electron chi connectivity index (χ3n) is 1.97. The van der Waals surface area contributed by atoms with Crippen LogP contribution in [0.2, 0.25) is 10.0 Å². The van der Waals surface area contributed by atoms with E-state index in [0.717, 1.165) is 0 Å². The molecule has 15 heavy (non-hydrogen) atoms. The van der Waals surface area contributed by atoms with E-state index in [9.17, 15) is 9.70 Å². The van der Waals surface area contributed by atoms with Crippen LogP contribution in [0, 0.1) is 4.91 Å². The van der Waals surface area contributed by atoms with Crippen molar-refractivity contribution in [2.45, 2.75) is 0 Å². The number of nitrogens with one attached hydrogen (secondary N) is 1. The van der Waals surface area contributed by atoms with Gasteiger partial charge in [0.1, 0.15) is 5.69 Å². The molecule has 0 unspecified atom stereocenters. The van der Waals surface area contributed by atoms with Crippen LogP contribution in [0.15, 0.2) is 23.4 Å². The van der Waals surface area contributed by atoms with Crippen molar-refractivity contribution in [2.75, 3.05) is 0 Å². The predicted octanol–water partition coefficient (Wildman–Crippen LogP) is 3.38. The Morgan fingerprint density at radius 1 is 1.27 bits per heavy atom. The van der Waals surface area contributed by atoms with E-state index in [1.807, 2.05) is 0 Å². The number of nitroso groups, excluding NO2 is 1. The lowest BCUT2D eigenvalue weighted by Gasteiger charge is -1.94. The minimum Gasteiger partial charge on any atom is -0.350 e. The van der Waals surface area contributed by atoms with Crippen molar-refractivity contribution in [3.8, 4) is 0 Å². The van der Waals surface area contributed by atoms with Crippen molar-refractivity contribution in [1.82, 2.24) is 4.98 Å². The summed E-state index contributed by atoms with van der Waals surface area (Å²) in [5, 5.41) is 3.81. The highest BCUT2D eigenvalue weighted by Crippen LogP contribution is 2.28. The number of aromatic amines is 1. The summed E-state index contributed by atoms with van der Waals surface area (Å²) < 4.78 is 0. The maximum absolute atomic E-state index is 11.0. The second-order valence-electron chi connectivity index (χ2n) is 2.93. The summed E-state index contributed by atoms with van der Waals surface area (Å²) in [7, 11) is 0. The highest BCUT2D eigenvalue weighted by Gasteiger charge is 2.11. The molecule has 2 aromatic rings. The van der Waals surface area contributed by atoms with E-state index in [4.69, 9.17) is 23.2 Å². The van der Waals surface area contributed by atoms with Crippen LogP contribution in [0.3, 0.4) is 0 Å². The molecule has 6 heteroatoms. The van der Waals surface area contributed by atoms with Crippen molar-refractivity contribution < 1.29 is 4.79 Å². The third-order valence-corrected chi connectivity index (χ3v) is 2.50. The Bertz CT molecular complexity index is 562. The maximum Gasteiger partial charge on any atom is 0.332 e. The smallest absolute Gasteiger partial charge is 0.332 e. The highest BCUT2D eigenvalue weighted by molar-refractivity contribution is 6.38. The predicted molar refractivity (Wildman–Crippen MR) is 58.4 cm³/mol. The van der Waals surface area contributed by atoms with Gasteiger partial charge in [0.25, 0.3) is 0 Å². The topological polar surface area (TPSA) is 62.3 Å². The molecule has 0 aliphatic carbocycles. The summed E-state index contributed by atoms with van der Waals surface area (Å²) in [6.07, 6.45) is 0. The lowest BCUT2D eigenvalue weighted by Crippen LogP contribution is -1.91. The molecule has 1 heterocycles. The van der Waals surface area contributed by atoms with Gasteiger partial charge in [-0.2, -0.15) is 0 Å². The van der Waals surface area contributed by atoms with Crippen molar-refractivity contribution in [3.05, 3.63) is 38.8 Å². The Morgan fingerprint density at radius 3 is 2.67 bits per heavy atom. The average Bonchev–Trinajstić information content (AvgIpc) is 2.60. The first kappa shape index (κ1) is 10.1. The van der Waals surface area contributed by atoms with Crippen LogP contribution in [0.1, 0.15) is 10.5 Å². The summed E-state index contributed by atoms with van der Waals surface area (Å²) in [4.78, 5) is 23.8. The quantitative estimate of drug-likeness (QED) is 0.780. The Hall–Kier alpha value is -1.39. The number of benzene rings is 1. The Morgan fingerprint density at radius 2 is 2.00 bits per heavy atom. The van der Waals surface area contributed by atoms with Crippen LogP contribution in [-0.4, -0.2) is 10.9 Å². The number of hydrogen-bond donors (Lipinski definition) is 1. The molecule has 76 valence electrons. The van der Waals surface area contributed by atoms with Gasteiger partial charge in [0.15, 0.2) is 0 Å². The van der Waals surface area contributed by atoms with Crippen LogP contribution in [0.25, 0.3) is 10.9 Å². The second kappa shape index (κ2) is 3.64. The molecule has 0 aliphatic rings. The monoisotopic (exact) mass is 242 g/mol. The minimum atomic E-state index is -0.863. The second-order valence-corrected chi connectivity index (χ2v) is 3.77. The Balaban J connectivity index is 2.70. The molecular formula is C9H4Cl2N2O2. The van der Waals surface area contributed by atoms with Crippen molar-refractivity contribution in [2.24, 2.45) is 5.18 Å². The number of halogens is 2. The van der Waals surface area contributed by atoms with Gasteiger partial charge in [-0.1, -0.05) is 23.2 Å². The largest absolute Gasteiger partial charge is 0.350 e. The lowest BCUT2D eigenvalue weighted by atomic mass is 10.2. The van der Waals surface area contributed by atoms with Crippen molar-refractivity contribution >= 4 is 40.0 Å². The van der Waals surface area contributed by atoms with Gasteiger partial charge < -0.3 is 4.98 Å². The first-order chi connectivity index (χ1) is 7.11. The first-order valence-electron chi connectivity index (χ1n) is 3.97. The van der Waals surface area contributed by atoms with Crippen LogP contribution in [0.4, 0.5) is 0 Å². The fourth-order valence-electron chi connectivity index (χ4n) is 1.32. The maximum atomic E-state index is 11.0. The molecule has 0 bridgehead atoms. The number of aromatic nitrogens is 1. The van der Waals surface area contributed by atoms with Gasteiger partial charge >= 0.3 is 5.91 Å². The van der Waals surface area contributed by atoms with Gasteiger partial charge in [0, 0.05) is 21.1 Å². The van der Waals surface area contributed by atoms with E-state index in [1.54, 1.807) is 12.1 Å². The zero-order chi connectivity index (χ0) is 11.0. The van der Waals surface area contributed by atoms with E-state index in [0.29, 0.717) is 20.9 Å². The molecule has 4 nitrogen and oxygen atoms in total. The molecule has 1 N–H and O–H groups in total. The molecule has 0 saturated heterocycles. The summed E-state index contributed by atoms with van der Waals surface area (Å²) in [5.41, 5.74) is 0.698. The van der Waals surface area contributed by atoms with Crippen molar-refractivity contribution in [1.29, 1.82) is 0 Å². The van der Waals surface area contributed by atoms with Crippen LogP contribution >= 0.6 is 23.2 Å². The zero-order valence-corrected chi connectivity index (χ0v) is 8.76. The molecule has 0 atom stereocenters. The summed E-state index contributed by atoms with van der Waals surface area (Å²) in [5.74, 6) is -0.863. The molecule has 1 amide bonds. The number of carbonyl (C=O) groups is 1. The number of amides is 1. The number of fused-ring (bicyclic) bond motifs is 1. The molecule has 0 radical (unpaired) electrons. The Kier molecular flexibility index (Phi) is 2.46. The molecule has 2 rings (SSSR count).